The van der Waals surface area contributed by atoms with Crippen molar-refractivity contribution in [2.24, 2.45) is 0 Å². The third kappa shape index (κ3) is 6.17. The molecule has 0 saturated carbocycles. The van der Waals surface area contributed by atoms with Crippen LogP contribution in [-0.4, -0.2) is 51.7 Å². The molecular formula is C15H23N3O4S. The van der Waals surface area contributed by atoms with E-state index in [9.17, 15) is 19.5 Å². The number of amides is 1. The van der Waals surface area contributed by atoms with Crippen molar-refractivity contribution in [2.45, 2.75) is 31.7 Å². The molecule has 0 aliphatic rings. The fraction of sp³-hybridized carbons (Fsp3) is 0.533. The molecule has 0 aliphatic carbocycles. The van der Waals surface area contributed by atoms with Crippen LogP contribution in [0.1, 0.15) is 20.8 Å². The first-order valence-corrected chi connectivity index (χ1v) is 8.86. The normalized spacial score (nSPS) is 13.6. The Bertz CT molecular complexity index is 537. The summed E-state index contributed by atoms with van der Waals surface area (Å²) in [5.74, 6) is -0.189. The van der Waals surface area contributed by atoms with E-state index in [0.29, 0.717) is 16.3 Å². The molecule has 1 amide bonds. The fourth-order valence-electron chi connectivity index (χ4n) is 1.93. The molecule has 0 saturated heterocycles. The van der Waals surface area contributed by atoms with Crippen LogP contribution in [0.2, 0.25) is 0 Å². The number of benzene rings is 1. The molecule has 0 heterocycles. The second kappa shape index (κ2) is 9.49. The third-order valence-corrected chi connectivity index (χ3v) is 4.88. The van der Waals surface area contributed by atoms with Crippen LogP contribution < -0.4 is 5.32 Å². The van der Waals surface area contributed by atoms with Gasteiger partial charge in [-0.25, -0.2) is 0 Å². The highest BCUT2D eigenvalue weighted by molar-refractivity contribution is 7.91. The molecule has 23 heavy (non-hydrogen) atoms. The molecule has 1 N–H and O–H groups in total. The lowest BCUT2D eigenvalue weighted by atomic mass is 10.3. The number of rotatable bonds is 9. The lowest BCUT2D eigenvalue weighted by Crippen LogP contribution is -2.31. The monoisotopic (exact) mass is 341 g/mol. The van der Waals surface area contributed by atoms with Crippen molar-refractivity contribution in [1.29, 1.82) is 0 Å². The number of carbonyl (C=O) groups excluding carboxylic acids is 1. The van der Waals surface area contributed by atoms with Crippen LogP contribution in [0.4, 0.5) is 5.69 Å². The number of nitrogens with zero attached hydrogens (tertiary/aromatic N) is 2. The molecule has 0 radical (unpaired) electrons. The SMILES string of the molecule is CCN(CC)CC[S+]([O-])c1cccc(NC(=O)C(C)[N+](=O)[O-])c1. The minimum atomic E-state index is -1.33. The van der Waals surface area contributed by atoms with E-state index < -0.39 is 28.0 Å². The van der Waals surface area contributed by atoms with Gasteiger partial charge in [-0.15, -0.1) is 0 Å². The molecule has 1 aromatic carbocycles. The molecule has 0 aromatic heterocycles. The van der Waals surface area contributed by atoms with Crippen LogP contribution in [-0.2, 0) is 16.0 Å². The van der Waals surface area contributed by atoms with E-state index in [1.165, 1.54) is 6.92 Å². The predicted molar refractivity (Wildman–Crippen MR) is 90.6 cm³/mol. The summed E-state index contributed by atoms with van der Waals surface area (Å²) in [6.45, 7) is 7.87. The van der Waals surface area contributed by atoms with Gasteiger partial charge in [0.1, 0.15) is 5.75 Å². The molecule has 2 atom stereocenters. The summed E-state index contributed by atoms with van der Waals surface area (Å²) in [4.78, 5) is 24.4. The van der Waals surface area contributed by atoms with E-state index in [1.54, 1.807) is 24.3 Å². The molecule has 1 aromatic rings. The number of anilines is 1. The van der Waals surface area contributed by atoms with E-state index >= 15 is 0 Å². The van der Waals surface area contributed by atoms with Gasteiger partial charge in [-0.2, -0.15) is 0 Å². The van der Waals surface area contributed by atoms with Gasteiger partial charge in [0, 0.05) is 30.1 Å². The summed E-state index contributed by atoms with van der Waals surface area (Å²) in [5, 5.41) is 13.1. The minimum Gasteiger partial charge on any atom is -0.611 e. The van der Waals surface area contributed by atoms with Gasteiger partial charge in [0.05, 0.1) is 0 Å². The largest absolute Gasteiger partial charge is 0.611 e. The van der Waals surface area contributed by atoms with Gasteiger partial charge in [0.2, 0.25) is 0 Å². The first-order valence-electron chi connectivity index (χ1n) is 7.54. The number of carbonyl (C=O) groups is 1. The number of hydrogen-bond donors (Lipinski definition) is 1. The molecule has 0 spiro atoms. The standard InChI is InChI=1S/C15H23N3O4S/c1-4-17(5-2)9-10-23(22)14-8-6-7-13(11-14)16-15(19)12(3)18(20)21/h6-8,11-12H,4-5,9-10H2,1-3H3,(H,16,19). The maximum Gasteiger partial charge on any atom is 0.298 e. The maximum absolute atomic E-state index is 12.3. The lowest BCUT2D eigenvalue weighted by molar-refractivity contribution is -0.502. The van der Waals surface area contributed by atoms with Crippen LogP contribution in [0, 0.1) is 10.1 Å². The summed E-state index contributed by atoms with van der Waals surface area (Å²) in [6.07, 6.45) is 0. The van der Waals surface area contributed by atoms with Crippen LogP contribution >= 0.6 is 0 Å². The quantitative estimate of drug-likeness (QED) is 0.419. The number of nitrogens with one attached hydrogen (secondary N) is 1. The number of nitro groups is 1. The molecule has 2 unspecified atom stereocenters. The van der Waals surface area contributed by atoms with Crippen LogP contribution in [0.15, 0.2) is 29.2 Å². The van der Waals surface area contributed by atoms with E-state index in [2.05, 4.69) is 24.1 Å². The van der Waals surface area contributed by atoms with Gasteiger partial charge in [-0.3, -0.25) is 19.8 Å². The van der Waals surface area contributed by atoms with Crippen molar-refractivity contribution in [1.82, 2.24) is 4.90 Å². The van der Waals surface area contributed by atoms with Crippen molar-refractivity contribution < 1.29 is 14.3 Å². The van der Waals surface area contributed by atoms with E-state index in [0.717, 1.165) is 19.6 Å². The van der Waals surface area contributed by atoms with Crippen molar-refractivity contribution in [3.05, 3.63) is 34.4 Å². The number of hydrogen-bond acceptors (Lipinski definition) is 5. The van der Waals surface area contributed by atoms with E-state index in [1.807, 2.05) is 0 Å². The van der Waals surface area contributed by atoms with Gasteiger partial charge >= 0.3 is 0 Å². The molecule has 8 heteroatoms. The average molecular weight is 341 g/mol. The Morgan fingerprint density at radius 3 is 2.61 bits per heavy atom. The topological polar surface area (TPSA) is 98.5 Å². The highest BCUT2D eigenvalue weighted by Crippen LogP contribution is 2.17. The Hall–Kier alpha value is -1.64. The van der Waals surface area contributed by atoms with Crippen molar-refractivity contribution in [2.75, 3.05) is 30.7 Å². The second-order valence-corrected chi connectivity index (χ2v) is 6.63. The smallest absolute Gasteiger partial charge is 0.298 e. The zero-order valence-electron chi connectivity index (χ0n) is 13.7. The zero-order chi connectivity index (χ0) is 17.4. The van der Waals surface area contributed by atoms with Crippen LogP contribution in [0.25, 0.3) is 0 Å². The van der Waals surface area contributed by atoms with Crippen molar-refractivity contribution in [3.8, 4) is 0 Å². The second-order valence-electron chi connectivity index (χ2n) is 5.05. The summed E-state index contributed by atoms with van der Waals surface area (Å²) in [7, 11) is 0. The van der Waals surface area contributed by atoms with E-state index in [4.69, 9.17) is 0 Å². The molecule has 128 valence electrons. The Labute approximate surface area is 139 Å². The lowest BCUT2D eigenvalue weighted by Gasteiger charge is -2.19. The molecule has 1 rings (SSSR count). The molecule has 0 bridgehead atoms. The summed E-state index contributed by atoms with van der Waals surface area (Å²) >= 11 is -1.18. The van der Waals surface area contributed by atoms with Crippen LogP contribution in [0.5, 0.6) is 0 Å². The summed E-state index contributed by atoms with van der Waals surface area (Å²) in [5.41, 5.74) is 0.414. The average Bonchev–Trinajstić information content (AvgIpc) is 2.54. The first-order chi connectivity index (χ1) is 10.9. The Balaban J connectivity index is 2.68. The molecule has 0 aliphatic heterocycles. The first kappa shape index (κ1) is 19.4. The Kier molecular flexibility index (Phi) is 8.01. The van der Waals surface area contributed by atoms with Gasteiger partial charge in [0.15, 0.2) is 4.90 Å². The Morgan fingerprint density at radius 1 is 1.39 bits per heavy atom. The molecular weight excluding hydrogens is 318 g/mol. The minimum absolute atomic E-state index is 0.414. The predicted octanol–water partition coefficient (Wildman–Crippen LogP) is 1.74. The zero-order valence-corrected chi connectivity index (χ0v) is 14.5. The Morgan fingerprint density at radius 2 is 2.04 bits per heavy atom. The summed E-state index contributed by atoms with van der Waals surface area (Å²) < 4.78 is 12.3. The molecule has 0 fully saturated rings. The highest BCUT2D eigenvalue weighted by atomic mass is 32.2. The third-order valence-electron chi connectivity index (χ3n) is 3.55. The maximum atomic E-state index is 12.3. The van der Waals surface area contributed by atoms with Crippen molar-refractivity contribution >= 4 is 22.8 Å². The molecule has 7 nitrogen and oxygen atoms in total. The van der Waals surface area contributed by atoms with Gasteiger partial charge in [0.25, 0.3) is 11.9 Å². The summed E-state index contributed by atoms with van der Waals surface area (Å²) in [6, 6.07) is 5.30. The van der Waals surface area contributed by atoms with Crippen molar-refractivity contribution in [3.63, 3.8) is 0 Å². The van der Waals surface area contributed by atoms with Gasteiger partial charge in [-0.05, 0) is 36.4 Å². The van der Waals surface area contributed by atoms with Gasteiger partial charge < -0.3 is 9.87 Å². The fourth-order valence-corrected chi connectivity index (χ4v) is 3.08. The van der Waals surface area contributed by atoms with Gasteiger partial charge in [-0.1, -0.05) is 19.9 Å². The highest BCUT2D eigenvalue weighted by Gasteiger charge is 2.23. The van der Waals surface area contributed by atoms with E-state index in [-0.39, 0.29) is 0 Å². The van der Waals surface area contributed by atoms with Crippen LogP contribution in [0.3, 0.4) is 0 Å².